The monoisotopic (exact) mass is 525 g/mol. The van der Waals surface area contributed by atoms with Gasteiger partial charge in [-0.15, -0.1) is 0 Å². The number of carbonyl (C=O) groups excluding carboxylic acids is 1. The fraction of sp³-hybridized carbons (Fsp3) is 0.464. The number of rotatable bonds is 7. The smallest absolute Gasteiger partial charge is 0.262 e. The van der Waals surface area contributed by atoms with Crippen LogP contribution >= 0.6 is 0 Å². The number of methoxy groups -OCH3 is 1. The molecular weight excluding hydrogens is 489 g/mol. The molecule has 1 fully saturated rings. The summed E-state index contributed by atoms with van der Waals surface area (Å²) < 4.78 is 20.6. The topological polar surface area (TPSA) is 99.9 Å². The van der Waals surface area contributed by atoms with Gasteiger partial charge in [0.25, 0.3) is 5.56 Å². The summed E-state index contributed by atoms with van der Waals surface area (Å²) in [5, 5.41) is 12.6. The average Bonchev–Trinajstić information content (AvgIpc) is 3.10. The van der Waals surface area contributed by atoms with Gasteiger partial charge in [0.05, 0.1) is 24.6 Å². The molecule has 3 aromatic rings. The molecule has 0 spiro atoms. The molecule has 2 heterocycles. The van der Waals surface area contributed by atoms with Crippen LogP contribution in [0.4, 0.5) is 10.1 Å². The van der Waals surface area contributed by atoms with Gasteiger partial charge in [0.2, 0.25) is 5.91 Å². The molecule has 2 aromatic carbocycles. The normalized spacial score (nSPS) is 14.9. The Morgan fingerprint density at radius 3 is 2.63 bits per heavy atom. The summed E-state index contributed by atoms with van der Waals surface area (Å²) in [6.07, 6.45) is 0.943. The molecule has 1 aromatic heterocycles. The second-order valence-electron chi connectivity index (χ2n) is 10.6. The lowest BCUT2D eigenvalue weighted by Gasteiger charge is -2.24. The van der Waals surface area contributed by atoms with E-state index in [4.69, 9.17) is 9.72 Å². The molecule has 0 bridgehead atoms. The Hall–Kier alpha value is -3.50. The number of aromatic nitrogens is 2. The van der Waals surface area contributed by atoms with E-state index >= 15 is 0 Å². The Morgan fingerprint density at radius 1 is 1.13 bits per heavy atom. The number of hydrogen-bond acceptors (Lipinski definition) is 7. The van der Waals surface area contributed by atoms with Crippen molar-refractivity contribution in [1.82, 2.24) is 19.8 Å². The number of halogens is 1. The van der Waals surface area contributed by atoms with E-state index in [1.807, 2.05) is 39.0 Å². The van der Waals surface area contributed by atoms with Crippen molar-refractivity contribution in [1.29, 1.82) is 0 Å². The second kappa shape index (κ2) is 11.5. The predicted molar refractivity (Wildman–Crippen MR) is 146 cm³/mol. The number of amides is 1. The van der Waals surface area contributed by atoms with Crippen LogP contribution in [0, 0.1) is 5.82 Å². The van der Waals surface area contributed by atoms with E-state index in [1.165, 1.54) is 29.9 Å². The van der Waals surface area contributed by atoms with Gasteiger partial charge in [-0.25, -0.2) is 9.37 Å². The lowest BCUT2D eigenvalue weighted by atomic mass is 10.1. The Balaban J connectivity index is 1.79. The van der Waals surface area contributed by atoms with E-state index in [0.29, 0.717) is 23.0 Å². The van der Waals surface area contributed by atoms with Crippen molar-refractivity contribution in [2.24, 2.45) is 0 Å². The number of fused-ring (bicyclic) bond motifs is 1. The van der Waals surface area contributed by atoms with Gasteiger partial charge in [0, 0.05) is 43.0 Å². The highest BCUT2D eigenvalue weighted by Gasteiger charge is 2.21. The van der Waals surface area contributed by atoms with E-state index < -0.39 is 11.4 Å². The van der Waals surface area contributed by atoms with Crippen molar-refractivity contribution in [3.8, 4) is 17.1 Å². The third-order valence-corrected chi connectivity index (χ3v) is 6.53. The molecule has 0 saturated carbocycles. The standard InChI is InChI=1S/C28H36FN5O4/c1-28(2,3)31-25(36)18-34-26(19-6-8-22(29)24(16-19)38-4)30-23-9-7-20(17-21(23)27(34)37)33-11-5-10-32(12-13-33)14-15-35/h6-9,16-17,35H,5,10-15,18H2,1-4H3,(H,31,36). The highest BCUT2D eigenvalue weighted by atomic mass is 19.1. The molecule has 1 aliphatic rings. The molecule has 0 atom stereocenters. The minimum atomic E-state index is -0.531. The zero-order chi connectivity index (χ0) is 27.4. The van der Waals surface area contributed by atoms with E-state index in [2.05, 4.69) is 15.1 Å². The third kappa shape index (κ3) is 6.31. The summed E-state index contributed by atoms with van der Waals surface area (Å²) in [6, 6.07) is 9.85. The first-order valence-electron chi connectivity index (χ1n) is 12.9. The molecule has 2 N–H and O–H groups in total. The molecule has 204 valence electrons. The average molecular weight is 526 g/mol. The predicted octanol–water partition coefficient (Wildman–Crippen LogP) is 2.63. The van der Waals surface area contributed by atoms with Crippen LogP contribution in [-0.4, -0.2) is 77.4 Å². The van der Waals surface area contributed by atoms with E-state index in [1.54, 1.807) is 0 Å². The Bertz CT molecular complexity index is 1370. The van der Waals surface area contributed by atoms with Gasteiger partial charge < -0.3 is 20.1 Å². The third-order valence-electron chi connectivity index (χ3n) is 6.53. The molecule has 0 radical (unpaired) electrons. The number of aliphatic hydroxyl groups excluding tert-OH is 1. The van der Waals surface area contributed by atoms with Crippen LogP contribution in [-0.2, 0) is 11.3 Å². The maximum Gasteiger partial charge on any atom is 0.262 e. The quantitative estimate of drug-likeness (QED) is 0.489. The highest BCUT2D eigenvalue weighted by molar-refractivity contribution is 5.85. The summed E-state index contributed by atoms with van der Waals surface area (Å²) in [6.45, 7) is 9.47. The molecule has 38 heavy (non-hydrogen) atoms. The van der Waals surface area contributed by atoms with Crippen molar-refractivity contribution in [3.05, 3.63) is 52.6 Å². The molecule has 0 aliphatic carbocycles. The number of nitrogens with one attached hydrogen (secondary N) is 1. The van der Waals surface area contributed by atoms with Crippen molar-refractivity contribution in [3.63, 3.8) is 0 Å². The lowest BCUT2D eigenvalue weighted by molar-refractivity contribution is -0.123. The lowest BCUT2D eigenvalue weighted by Crippen LogP contribution is -2.43. The molecule has 1 saturated heterocycles. The first-order chi connectivity index (χ1) is 18.1. The highest BCUT2D eigenvalue weighted by Crippen LogP contribution is 2.27. The van der Waals surface area contributed by atoms with Crippen molar-refractivity contribution < 1.29 is 19.0 Å². The van der Waals surface area contributed by atoms with E-state index in [0.717, 1.165) is 38.3 Å². The molecule has 4 rings (SSSR count). The Labute approximate surface area is 221 Å². The fourth-order valence-electron chi connectivity index (χ4n) is 4.77. The molecule has 0 unspecified atom stereocenters. The largest absolute Gasteiger partial charge is 0.494 e. The molecule has 1 amide bonds. The number of carbonyl (C=O) groups is 1. The Morgan fingerprint density at radius 2 is 1.92 bits per heavy atom. The van der Waals surface area contributed by atoms with Crippen LogP contribution < -0.4 is 20.5 Å². The SMILES string of the molecule is COc1cc(-c2nc3ccc(N4CCCN(CCO)CC4)cc3c(=O)n2CC(=O)NC(C)(C)C)ccc1F. The number of ether oxygens (including phenoxy) is 1. The van der Waals surface area contributed by atoms with E-state index in [9.17, 15) is 19.1 Å². The molecule has 1 aliphatic heterocycles. The van der Waals surface area contributed by atoms with Crippen LogP contribution in [0.15, 0.2) is 41.2 Å². The number of anilines is 1. The van der Waals surface area contributed by atoms with Crippen molar-refractivity contribution in [2.45, 2.75) is 39.3 Å². The maximum atomic E-state index is 14.1. The van der Waals surface area contributed by atoms with Crippen LogP contribution in [0.5, 0.6) is 5.75 Å². The van der Waals surface area contributed by atoms with Gasteiger partial charge in [-0.1, -0.05) is 0 Å². The van der Waals surface area contributed by atoms with Crippen LogP contribution in [0.2, 0.25) is 0 Å². The zero-order valence-corrected chi connectivity index (χ0v) is 22.5. The van der Waals surface area contributed by atoms with E-state index in [-0.39, 0.29) is 36.2 Å². The first-order valence-corrected chi connectivity index (χ1v) is 12.9. The zero-order valence-electron chi connectivity index (χ0n) is 22.5. The number of aliphatic hydroxyl groups is 1. The van der Waals surface area contributed by atoms with Gasteiger partial charge in [-0.2, -0.15) is 0 Å². The summed E-state index contributed by atoms with van der Waals surface area (Å²) >= 11 is 0. The fourth-order valence-corrected chi connectivity index (χ4v) is 4.77. The summed E-state index contributed by atoms with van der Waals surface area (Å²) in [7, 11) is 1.37. The van der Waals surface area contributed by atoms with Gasteiger partial charge in [0.15, 0.2) is 11.6 Å². The van der Waals surface area contributed by atoms with Crippen molar-refractivity contribution >= 4 is 22.5 Å². The van der Waals surface area contributed by atoms with Crippen LogP contribution in [0.25, 0.3) is 22.3 Å². The van der Waals surface area contributed by atoms with Crippen LogP contribution in [0.1, 0.15) is 27.2 Å². The number of nitrogens with zero attached hydrogens (tertiary/aromatic N) is 4. The number of benzene rings is 2. The van der Waals surface area contributed by atoms with Gasteiger partial charge >= 0.3 is 0 Å². The van der Waals surface area contributed by atoms with Gasteiger partial charge in [-0.3, -0.25) is 19.1 Å². The second-order valence-corrected chi connectivity index (χ2v) is 10.6. The van der Waals surface area contributed by atoms with Crippen molar-refractivity contribution in [2.75, 3.05) is 51.3 Å². The Kier molecular flexibility index (Phi) is 8.32. The van der Waals surface area contributed by atoms with Gasteiger partial charge in [-0.05, 0) is 70.1 Å². The first kappa shape index (κ1) is 27.5. The minimum absolute atomic E-state index is 0.0225. The maximum absolute atomic E-state index is 14.1. The van der Waals surface area contributed by atoms with Gasteiger partial charge in [0.1, 0.15) is 12.4 Å². The summed E-state index contributed by atoms with van der Waals surface area (Å²) in [4.78, 5) is 36.0. The number of hydrogen-bond donors (Lipinski definition) is 2. The number of β-amino-alcohol motifs (C(OH)–C–C–N with tert-alkyl or cyclic N) is 1. The minimum Gasteiger partial charge on any atom is -0.494 e. The molecule has 9 nitrogen and oxygen atoms in total. The molecule has 10 heteroatoms. The molecular formula is C28H36FN5O4. The summed E-state index contributed by atoms with van der Waals surface area (Å²) in [5.74, 6) is -0.582. The summed E-state index contributed by atoms with van der Waals surface area (Å²) in [5.41, 5.74) is 1.03. The van der Waals surface area contributed by atoms with Crippen LogP contribution in [0.3, 0.4) is 0 Å².